The maximum absolute atomic E-state index is 13.3. The summed E-state index contributed by atoms with van der Waals surface area (Å²) >= 11 is 1.53. The summed E-state index contributed by atoms with van der Waals surface area (Å²) in [4.78, 5) is 7.01. The van der Waals surface area contributed by atoms with Gasteiger partial charge in [-0.2, -0.15) is 13.2 Å². The quantitative estimate of drug-likeness (QED) is 0.638. The van der Waals surface area contributed by atoms with Crippen molar-refractivity contribution in [2.24, 2.45) is 0 Å². The lowest BCUT2D eigenvalue weighted by Crippen LogP contribution is -3.28. The van der Waals surface area contributed by atoms with Crippen molar-refractivity contribution in [2.45, 2.75) is 22.4 Å². The van der Waals surface area contributed by atoms with Gasteiger partial charge >= 0.3 is 6.18 Å². The fraction of sp³-hybridized carbons (Fsp3) is 0.455. The van der Waals surface area contributed by atoms with E-state index in [-0.39, 0.29) is 6.61 Å². The first kappa shape index (κ1) is 21.5. The Hall–Kier alpha value is -1.74. The molecule has 0 atom stereocenters. The summed E-state index contributed by atoms with van der Waals surface area (Å²) in [6.45, 7) is 7.04. The van der Waals surface area contributed by atoms with Gasteiger partial charge in [-0.1, -0.05) is 23.9 Å². The number of alkyl halides is 3. The third kappa shape index (κ3) is 4.77. The summed E-state index contributed by atoms with van der Waals surface area (Å²) in [6, 6.07) is 12.0. The Bertz CT molecular complexity index is 869. The average molecular weight is 440 g/mol. The van der Waals surface area contributed by atoms with Crippen LogP contribution in [0, 0.1) is 0 Å². The highest BCUT2D eigenvalue weighted by molar-refractivity contribution is 7.99. The van der Waals surface area contributed by atoms with E-state index in [0.29, 0.717) is 12.2 Å². The van der Waals surface area contributed by atoms with Crippen molar-refractivity contribution in [3.8, 4) is 0 Å². The highest BCUT2D eigenvalue weighted by atomic mass is 32.2. The van der Waals surface area contributed by atoms with Crippen LogP contribution in [0.1, 0.15) is 12.0 Å². The Labute approximate surface area is 179 Å². The standard InChI is InChI=1S/C22H26F3N3OS/c23-22(24,25)17-6-7-21-19(16-17)28(18-4-1-2-5-20(18)30-21)9-3-8-26-10-12-27(13-11-26)14-15-29/h1-2,4-7,16,29H,3,8-15H2/p+2. The summed E-state index contributed by atoms with van der Waals surface area (Å²) in [6.07, 6.45) is -3.43. The van der Waals surface area contributed by atoms with E-state index in [1.807, 2.05) is 24.3 Å². The lowest BCUT2D eigenvalue weighted by molar-refractivity contribution is -1.01. The first-order chi connectivity index (χ1) is 14.5. The molecule has 4 rings (SSSR count). The molecule has 162 valence electrons. The van der Waals surface area contributed by atoms with Gasteiger partial charge in [0.25, 0.3) is 0 Å². The molecule has 0 amide bonds. The number of piperazine rings is 1. The lowest BCUT2D eigenvalue weighted by atomic mass is 10.1. The molecule has 0 aromatic heterocycles. The zero-order valence-electron chi connectivity index (χ0n) is 16.8. The van der Waals surface area contributed by atoms with Crippen LogP contribution in [0.15, 0.2) is 52.3 Å². The van der Waals surface area contributed by atoms with Crippen LogP contribution in [0.4, 0.5) is 24.5 Å². The molecule has 4 nitrogen and oxygen atoms in total. The van der Waals surface area contributed by atoms with E-state index in [2.05, 4.69) is 4.90 Å². The van der Waals surface area contributed by atoms with Gasteiger partial charge in [-0.3, -0.25) is 0 Å². The summed E-state index contributed by atoms with van der Waals surface area (Å²) in [5.74, 6) is 0. The summed E-state index contributed by atoms with van der Waals surface area (Å²) in [5.41, 5.74) is 1.04. The first-order valence-corrected chi connectivity index (χ1v) is 11.3. The molecule has 0 aliphatic carbocycles. The minimum Gasteiger partial charge on any atom is -0.391 e. The van der Waals surface area contributed by atoms with Crippen molar-refractivity contribution in [2.75, 3.05) is 57.3 Å². The molecular formula is C22H28F3N3OS+2. The molecule has 0 saturated carbocycles. The minimum absolute atomic E-state index is 0.233. The zero-order chi connectivity index (χ0) is 21.1. The van der Waals surface area contributed by atoms with E-state index in [1.54, 1.807) is 11.0 Å². The van der Waals surface area contributed by atoms with Crippen LogP contribution in [0.5, 0.6) is 0 Å². The van der Waals surface area contributed by atoms with Crippen molar-refractivity contribution in [1.29, 1.82) is 0 Å². The van der Waals surface area contributed by atoms with Crippen LogP contribution in [0.2, 0.25) is 0 Å². The van der Waals surface area contributed by atoms with Crippen molar-refractivity contribution in [3.63, 3.8) is 0 Å². The molecular weight excluding hydrogens is 411 g/mol. The Balaban J connectivity index is 1.47. The minimum atomic E-state index is -4.34. The fourth-order valence-electron chi connectivity index (χ4n) is 4.35. The number of anilines is 2. The van der Waals surface area contributed by atoms with E-state index in [0.717, 1.165) is 61.2 Å². The fourth-order valence-corrected chi connectivity index (χ4v) is 5.43. The summed E-state index contributed by atoms with van der Waals surface area (Å²) < 4.78 is 39.9. The van der Waals surface area contributed by atoms with Crippen LogP contribution in [0.3, 0.4) is 0 Å². The zero-order valence-corrected chi connectivity index (χ0v) is 17.7. The molecule has 2 aliphatic heterocycles. The van der Waals surface area contributed by atoms with Crippen molar-refractivity contribution in [3.05, 3.63) is 48.0 Å². The smallest absolute Gasteiger partial charge is 0.391 e. The number of hydrogen-bond donors (Lipinski definition) is 3. The van der Waals surface area contributed by atoms with Gasteiger partial charge in [0.1, 0.15) is 32.7 Å². The summed E-state index contributed by atoms with van der Waals surface area (Å²) in [7, 11) is 0. The largest absolute Gasteiger partial charge is 0.416 e. The van der Waals surface area contributed by atoms with Crippen LogP contribution in [-0.2, 0) is 6.18 Å². The highest BCUT2D eigenvalue weighted by Crippen LogP contribution is 2.49. The van der Waals surface area contributed by atoms with Gasteiger partial charge in [-0.05, 0) is 30.3 Å². The third-order valence-electron chi connectivity index (χ3n) is 5.99. The Morgan fingerprint density at radius 3 is 2.27 bits per heavy atom. The maximum Gasteiger partial charge on any atom is 0.416 e. The Morgan fingerprint density at radius 1 is 0.900 bits per heavy atom. The Kier molecular flexibility index (Phi) is 6.57. The molecule has 3 N–H and O–H groups in total. The van der Waals surface area contributed by atoms with E-state index in [4.69, 9.17) is 5.11 Å². The predicted octanol–water partition coefficient (Wildman–Crippen LogP) is 1.47. The topological polar surface area (TPSA) is 32.4 Å². The normalized spacial score (nSPS) is 21.3. The number of halogens is 3. The van der Waals surface area contributed by atoms with E-state index in [9.17, 15) is 13.2 Å². The van der Waals surface area contributed by atoms with Gasteiger partial charge in [-0.15, -0.1) is 0 Å². The number of aliphatic hydroxyl groups is 1. The van der Waals surface area contributed by atoms with Gasteiger partial charge in [0, 0.05) is 22.8 Å². The highest BCUT2D eigenvalue weighted by Gasteiger charge is 2.33. The van der Waals surface area contributed by atoms with E-state index in [1.165, 1.54) is 28.8 Å². The number of quaternary nitrogens is 2. The molecule has 2 aromatic rings. The molecule has 2 heterocycles. The molecule has 0 radical (unpaired) electrons. The third-order valence-corrected chi connectivity index (χ3v) is 7.12. The molecule has 0 unspecified atom stereocenters. The molecule has 0 spiro atoms. The molecule has 8 heteroatoms. The number of aliphatic hydroxyl groups excluding tert-OH is 1. The monoisotopic (exact) mass is 439 g/mol. The van der Waals surface area contributed by atoms with Crippen LogP contribution < -0.4 is 14.7 Å². The van der Waals surface area contributed by atoms with Gasteiger partial charge in [0.05, 0.1) is 30.1 Å². The number of hydrogen-bond acceptors (Lipinski definition) is 3. The van der Waals surface area contributed by atoms with E-state index < -0.39 is 11.7 Å². The molecule has 0 bridgehead atoms. The number of para-hydroxylation sites is 1. The number of nitrogens with zero attached hydrogens (tertiary/aromatic N) is 1. The van der Waals surface area contributed by atoms with Crippen LogP contribution >= 0.6 is 11.8 Å². The second kappa shape index (κ2) is 9.18. The van der Waals surface area contributed by atoms with Gasteiger partial charge < -0.3 is 19.8 Å². The molecule has 2 aliphatic rings. The first-order valence-electron chi connectivity index (χ1n) is 10.5. The van der Waals surface area contributed by atoms with Crippen LogP contribution in [0.25, 0.3) is 0 Å². The van der Waals surface area contributed by atoms with Gasteiger partial charge in [0.2, 0.25) is 0 Å². The predicted molar refractivity (Wildman–Crippen MR) is 112 cm³/mol. The lowest BCUT2D eigenvalue weighted by Gasteiger charge is -2.34. The van der Waals surface area contributed by atoms with Crippen LogP contribution in [-0.4, -0.2) is 57.5 Å². The molecule has 2 aromatic carbocycles. The molecule has 1 fully saturated rings. The average Bonchev–Trinajstić information content (AvgIpc) is 2.73. The number of fused-ring (bicyclic) bond motifs is 2. The van der Waals surface area contributed by atoms with Gasteiger partial charge in [-0.25, -0.2) is 0 Å². The van der Waals surface area contributed by atoms with E-state index >= 15 is 0 Å². The van der Waals surface area contributed by atoms with Crippen molar-refractivity contribution < 1.29 is 28.1 Å². The second-order valence-electron chi connectivity index (χ2n) is 7.98. The number of rotatable bonds is 6. The van der Waals surface area contributed by atoms with Crippen molar-refractivity contribution in [1.82, 2.24) is 0 Å². The van der Waals surface area contributed by atoms with Gasteiger partial charge in [0.15, 0.2) is 0 Å². The Morgan fingerprint density at radius 2 is 1.57 bits per heavy atom. The van der Waals surface area contributed by atoms with Crippen molar-refractivity contribution >= 4 is 23.1 Å². The molecule has 1 saturated heterocycles. The second-order valence-corrected chi connectivity index (χ2v) is 9.06. The number of benzene rings is 2. The summed E-state index contributed by atoms with van der Waals surface area (Å²) in [5, 5.41) is 9.09. The maximum atomic E-state index is 13.3. The number of nitrogens with one attached hydrogen (secondary N) is 2. The SMILES string of the molecule is OCC[NH+]1CC[NH+](CCCN2c3ccccc3Sc3ccc(C(F)(F)F)cc32)CC1. The molecule has 30 heavy (non-hydrogen) atoms.